The predicted octanol–water partition coefficient (Wildman–Crippen LogP) is 1.07. The second-order valence-electron chi connectivity index (χ2n) is 6.33. The molecule has 0 bridgehead atoms. The number of benzene rings is 1. The van der Waals surface area contributed by atoms with Crippen molar-refractivity contribution < 1.29 is 28.6 Å². The maximum atomic E-state index is 12.7. The Bertz CT molecular complexity index is 842. The van der Waals surface area contributed by atoms with Crippen LogP contribution in [-0.4, -0.2) is 62.3 Å². The lowest BCUT2D eigenvalue weighted by Crippen LogP contribution is -2.54. The molecule has 10 heteroatoms. The van der Waals surface area contributed by atoms with Gasteiger partial charge in [0.15, 0.2) is 6.04 Å². The van der Waals surface area contributed by atoms with Gasteiger partial charge in [0.2, 0.25) is 5.91 Å². The number of nitrogens with one attached hydrogen (secondary N) is 2. The van der Waals surface area contributed by atoms with Gasteiger partial charge in [-0.3, -0.25) is 9.59 Å². The SMILES string of the molecule is COC[C@H](NC(=O)c1cnc(C)s1)C(=O)N[C@@H](COC)C(=O)OCc1ccccc1. The van der Waals surface area contributed by atoms with Crippen molar-refractivity contribution in [2.75, 3.05) is 27.4 Å². The van der Waals surface area contributed by atoms with Crippen molar-refractivity contribution in [1.29, 1.82) is 0 Å². The molecule has 0 spiro atoms. The van der Waals surface area contributed by atoms with E-state index in [4.69, 9.17) is 14.2 Å². The number of amides is 2. The quantitative estimate of drug-likeness (QED) is 0.507. The normalized spacial score (nSPS) is 12.6. The summed E-state index contributed by atoms with van der Waals surface area (Å²) in [4.78, 5) is 41.9. The molecule has 9 nitrogen and oxygen atoms in total. The highest BCUT2D eigenvalue weighted by Gasteiger charge is 2.28. The average molecular weight is 436 g/mol. The minimum Gasteiger partial charge on any atom is -0.459 e. The number of esters is 1. The van der Waals surface area contributed by atoms with Gasteiger partial charge >= 0.3 is 5.97 Å². The first-order chi connectivity index (χ1) is 14.4. The number of methoxy groups -OCH3 is 2. The summed E-state index contributed by atoms with van der Waals surface area (Å²) in [5.74, 6) is -1.69. The molecule has 0 saturated heterocycles. The summed E-state index contributed by atoms with van der Waals surface area (Å²) in [6.45, 7) is 1.69. The molecule has 0 aliphatic rings. The molecular formula is C20H25N3O6S. The molecule has 1 aromatic carbocycles. The van der Waals surface area contributed by atoms with Gasteiger partial charge in [-0.15, -0.1) is 11.3 Å². The maximum Gasteiger partial charge on any atom is 0.331 e. The molecule has 0 aliphatic carbocycles. The van der Waals surface area contributed by atoms with Crippen molar-refractivity contribution in [2.24, 2.45) is 0 Å². The van der Waals surface area contributed by atoms with E-state index in [2.05, 4.69) is 15.6 Å². The van der Waals surface area contributed by atoms with Gasteiger partial charge in [0.05, 0.1) is 24.4 Å². The minimum absolute atomic E-state index is 0.0682. The Morgan fingerprint density at radius 2 is 1.70 bits per heavy atom. The van der Waals surface area contributed by atoms with Gasteiger partial charge in [0.25, 0.3) is 5.91 Å². The molecule has 2 rings (SSSR count). The molecule has 0 unspecified atom stereocenters. The Kier molecular flexibility index (Phi) is 9.39. The first kappa shape index (κ1) is 23.5. The second kappa shape index (κ2) is 12.0. The fourth-order valence-electron chi connectivity index (χ4n) is 2.48. The lowest BCUT2D eigenvalue weighted by Gasteiger charge is -2.21. The van der Waals surface area contributed by atoms with Crippen LogP contribution in [0.1, 0.15) is 20.2 Å². The number of carbonyl (C=O) groups is 3. The summed E-state index contributed by atoms with van der Waals surface area (Å²) in [5.41, 5.74) is 0.817. The zero-order valence-corrected chi connectivity index (χ0v) is 17.9. The molecule has 30 heavy (non-hydrogen) atoms. The number of hydrogen-bond acceptors (Lipinski definition) is 8. The van der Waals surface area contributed by atoms with Crippen molar-refractivity contribution in [3.63, 3.8) is 0 Å². The minimum atomic E-state index is -1.03. The highest BCUT2D eigenvalue weighted by molar-refractivity contribution is 7.13. The Balaban J connectivity index is 1.98. The third-order valence-electron chi connectivity index (χ3n) is 3.96. The van der Waals surface area contributed by atoms with E-state index in [0.717, 1.165) is 10.6 Å². The number of ether oxygens (including phenoxy) is 3. The molecule has 1 aromatic heterocycles. The van der Waals surface area contributed by atoms with Crippen molar-refractivity contribution >= 4 is 29.1 Å². The molecule has 2 atom stereocenters. The third-order valence-corrected chi connectivity index (χ3v) is 4.87. The topological polar surface area (TPSA) is 116 Å². The smallest absolute Gasteiger partial charge is 0.331 e. The van der Waals surface area contributed by atoms with E-state index in [1.807, 2.05) is 30.3 Å². The van der Waals surface area contributed by atoms with E-state index in [1.165, 1.54) is 31.8 Å². The van der Waals surface area contributed by atoms with E-state index in [0.29, 0.717) is 4.88 Å². The zero-order chi connectivity index (χ0) is 21.9. The average Bonchev–Trinajstić information content (AvgIpc) is 3.18. The van der Waals surface area contributed by atoms with Crippen LogP contribution in [0.25, 0.3) is 0 Å². The number of nitrogens with zero attached hydrogens (tertiary/aromatic N) is 1. The van der Waals surface area contributed by atoms with Crippen molar-refractivity contribution in [3.05, 3.63) is 52.0 Å². The summed E-state index contributed by atoms with van der Waals surface area (Å²) >= 11 is 1.21. The van der Waals surface area contributed by atoms with E-state index in [-0.39, 0.29) is 19.8 Å². The molecule has 0 radical (unpaired) electrons. The highest BCUT2D eigenvalue weighted by Crippen LogP contribution is 2.11. The van der Waals surface area contributed by atoms with Gasteiger partial charge < -0.3 is 24.8 Å². The summed E-state index contributed by atoms with van der Waals surface area (Å²) in [7, 11) is 2.81. The summed E-state index contributed by atoms with van der Waals surface area (Å²) < 4.78 is 15.3. The number of aromatic nitrogens is 1. The van der Waals surface area contributed by atoms with Gasteiger partial charge in [-0.1, -0.05) is 30.3 Å². The lowest BCUT2D eigenvalue weighted by molar-refractivity contribution is -0.151. The van der Waals surface area contributed by atoms with Gasteiger partial charge in [-0.25, -0.2) is 9.78 Å². The molecule has 0 fully saturated rings. The molecule has 2 amide bonds. The number of aryl methyl sites for hydroxylation is 1. The summed E-state index contributed by atoms with van der Waals surface area (Å²) in [6, 6.07) is 7.13. The Morgan fingerprint density at radius 1 is 1.03 bits per heavy atom. The van der Waals surface area contributed by atoms with Crippen LogP contribution in [0, 0.1) is 6.92 Å². The monoisotopic (exact) mass is 435 g/mol. The Morgan fingerprint density at radius 3 is 2.30 bits per heavy atom. The number of rotatable bonds is 11. The third kappa shape index (κ3) is 7.21. The van der Waals surface area contributed by atoms with Crippen LogP contribution in [-0.2, 0) is 30.4 Å². The summed E-state index contributed by atoms with van der Waals surface area (Å²) in [6.07, 6.45) is 1.44. The van der Waals surface area contributed by atoms with Crippen LogP contribution in [0.5, 0.6) is 0 Å². The Labute approximate surface area is 178 Å². The van der Waals surface area contributed by atoms with Crippen molar-refractivity contribution in [3.8, 4) is 0 Å². The van der Waals surface area contributed by atoms with Crippen LogP contribution in [0.3, 0.4) is 0 Å². The summed E-state index contributed by atoms with van der Waals surface area (Å²) in [5, 5.41) is 5.88. The van der Waals surface area contributed by atoms with E-state index in [1.54, 1.807) is 6.92 Å². The van der Waals surface area contributed by atoms with E-state index >= 15 is 0 Å². The van der Waals surface area contributed by atoms with Crippen LogP contribution in [0.15, 0.2) is 36.5 Å². The first-order valence-electron chi connectivity index (χ1n) is 9.16. The van der Waals surface area contributed by atoms with Crippen LogP contribution >= 0.6 is 11.3 Å². The van der Waals surface area contributed by atoms with Gasteiger partial charge in [0, 0.05) is 14.2 Å². The fourth-order valence-corrected chi connectivity index (χ4v) is 3.16. The van der Waals surface area contributed by atoms with Crippen LogP contribution < -0.4 is 10.6 Å². The second-order valence-corrected chi connectivity index (χ2v) is 7.57. The standard InChI is InChI=1S/C20H25N3O6S/c1-13-21-9-17(30-13)19(25)22-15(11-27-2)18(24)23-16(12-28-3)20(26)29-10-14-7-5-4-6-8-14/h4-9,15-16H,10-12H2,1-3H3,(H,22,25)(H,23,24)/t15-,16-/m0/s1. The van der Waals surface area contributed by atoms with E-state index < -0.39 is 29.9 Å². The maximum absolute atomic E-state index is 12.7. The molecule has 0 aliphatic heterocycles. The molecule has 1 heterocycles. The fraction of sp³-hybridized carbons (Fsp3) is 0.400. The molecule has 2 aromatic rings. The number of hydrogen-bond donors (Lipinski definition) is 2. The van der Waals surface area contributed by atoms with Crippen molar-refractivity contribution in [1.82, 2.24) is 15.6 Å². The molecule has 162 valence electrons. The number of thiazole rings is 1. The zero-order valence-electron chi connectivity index (χ0n) is 17.0. The molecule has 2 N–H and O–H groups in total. The van der Waals surface area contributed by atoms with Gasteiger partial charge in [-0.2, -0.15) is 0 Å². The molecular weight excluding hydrogens is 410 g/mol. The van der Waals surface area contributed by atoms with Crippen molar-refractivity contribution in [2.45, 2.75) is 25.6 Å². The van der Waals surface area contributed by atoms with Gasteiger partial charge in [-0.05, 0) is 12.5 Å². The predicted molar refractivity (Wildman–Crippen MR) is 110 cm³/mol. The largest absolute Gasteiger partial charge is 0.459 e. The van der Waals surface area contributed by atoms with Crippen LogP contribution in [0.4, 0.5) is 0 Å². The number of carbonyl (C=O) groups excluding carboxylic acids is 3. The first-order valence-corrected chi connectivity index (χ1v) is 9.98. The highest BCUT2D eigenvalue weighted by atomic mass is 32.1. The Hall–Kier alpha value is -2.82. The lowest BCUT2D eigenvalue weighted by atomic mass is 10.2. The van der Waals surface area contributed by atoms with Crippen LogP contribution in [0.2, 0.25) is 0 Å². The van der Waals surface area contributed by atoms with E-state index in [9.17, 15) is 14.4 Å². The molecule has 0 saturated carbocycles. The van der Waals surface area contributed by atoms with Gasteiger partial charge in [0.1, 0.15) is 17.5 Å².